The molecule has 2 aromatic carbocycles. The zero-order chi connectivity index (χ0) is 24.6. The number of carbonyl (C=O) groups excluding carboxylic acids is 1. The van der Waals surface area contributed by atoms with Crippen molar-refractivity contribution in [2.45, 2.75) is 26.1 Å². The summed E-state index contributed by atoms with van der Waals surface area (Å²) in [5, 5.41) is 11.5. The van der Waals surface area contributed by atoms with Gasteiger partial charge in [-0.15, -0.1) is 10.2 Å². The minimum atomic E-state index is -0.208. The first-order valence-electron chi connectivity index (χ1n) is 11.5. The molecular weight excluding hydrogens is 450 g/mol. The van der Waals surface area contributed by atoms with Gasteiger partial charge in [0.15, 0.2) is 12.4 Å². The van der Waals surface area contributed by atoms with Crippen molar-refractivity contribution in [3.8, 4) is 23.0 Å². The molecule has 1 amide bonds. The van der Waals surface area contributed by atoms with Crippen LogP contribution in [0.1, 0.15) is 17.2 Å². The molecule has 0 radical (unpaired) electrons. The van der Waals surface area contributed by atoms with Crippen molar-refractivity contribution < 1.29 is 23.7 Å². The van der Waals surface area contributed by atoms with E-state index in [9.17, 15) is 4.79 Å². The van der Waals surface area contributed by atoms with Gasteiger partial charge in [0.05, 0.1) is 33.4 Å². The molecule has 0 spiro atoms. The van der Waals surface area contributed by atoms with Crippen molar-refractivity contribution in [1.82, 2.24) is 25.0 Å². The Morgan fingerprint density at radius 1 is 0.943 bits per heavy atom. The number of nitrogens with one attached hydrogen (secondary N) is 1. The first kappa shape index (κ1) is 24.3. The zero-order valence-electron chi connectivity index (χ0n) is 20.3. The summed E-state index contributed by atoms with van der Waals surface area (Å²) in [6, 6.07) is 13.0. The van der Waals surface area contributed by atoms with Crippen LogP contribution in [0.2, 0.25) is 0 Å². The quantitative estimate of drug-likeness (QED) is 0.470. The topological polar surface area (TPSA) is 100.0 Å². The molecule has 2 heterocycles. The Kier molecular flexibility index (Phi) is 8.04. The minimum Gasteiger partial charge on any atom is -0.496 e. The lowest BCUT2D eigenvalue weighted by Crippen LogP contribution is -2.30. The van der Waals surface area contributed by atoms with Gasteiger partial charge in [0.2, 0.25) is 0 Å². The fourth-order valence-corrected chi connectivity index (χ4v) is 4.07. The summed E-state index contributed by atoms with van der Waals surface area (Å²) < 4.78 is 24.2. The minimum absolute atomic E-state index is 0.0513. The molecule has 0 saturated carbocycles. The van der Waals surface area contributed by atoms with E-state index < -0.39 is 0 Å². The summed E-state index contributed by atoms with van der Waals surface area (Å²) in [7, 11) is 4.91. The second-order valence-corrected chi connectivity index (χ2v) is 8.10. The van der Waals surface area contributed by atoms with Crippen molar-refractivity contribution in [2.75, 3.05) is 41.0 Å². The van der Waals surface area contributed by atoms with E-state index in [1.54, 1.807) is 21.3 Å². The van der Waals surface area contributed by atoms with Gasteiger partial charge >= 0.3 is 0 Å². The second-order valence-electron chi connectivity index (χ2n) is 8.10. The SMILES string of the molecule is COc1cc(OC)c(CN2CCc3nnc(CNC(=O)COc4ccccc4)n3CC2)c(OC)c1. The molecule has 0 unspecified atom stereocenters. The van der Waals surface area contributed by atoms with Crippen molar-refractivity contribution >= 4 is 5.91 Å². The highest BCUT2D eigenvalue weighted by molar-refractivity contribution is 5.77. The molecule has 0 fully saturated rings. The predicted octanol–water partition coefficient (Wildman–Crippen LogP) is 2.06. The molecule has 0 saturated heterocycles. The molecule has 4 rings (SSSR count). The lowest BCUT2D eigenvalue weighted by Gasteiger charge is -2.23. The molecule has 3 aromatic rings. The third kappa shape index (κ3) is 6.02. The molecule has 10 heteroatoms. The van der Waals surface area contributed by atoms with Crippen LogP contribution >= 0.6 is 0 Å². The Bertz CT molecular complexity index is 1110. The maximum atomic E-state index is 12.2. The van der Waals surface area contributed by atoms with Crippen LogP contribution in [-0.2, 0) is 30.8 Å². The van der Waals surface area contributed by atoms with Crippen LogP contribution < -0.4 is 24.3 Å². The van der Waals surface area contributed by atoms with Gasteiger partial charge in [-0.2, -0.15) is 0 Å². The number of amides is 1. The highest BCUT2D eigenvalue weighted by Crippen LogP contribution is 2.35. The van der Waals surface area contributed by atoms with E-state index in [2.05, 4.69) is 25.0 Å². The molecular formula is C25H31N5O5. The fraction of sp³-hybridized carbons (Fsp3) is 0.400. The zero-order valence-corrected chi connectivity index (χ0v) is 20.3. The molecule has 186 valence electrons. The predicted molar refractivity (Wildman–Crippen MR) is 129 cm³/mol. The number of ether oxygens (including phenoxy) is 4. The highest BCUT2D eigenvalue weighted by atomic mass is 16.5. The van der Waals surface area contributed by atoms with Gasteiger partial charge < -0.3 is 28.8 Å². The number of aromatic nitrogens is 3. The van der Waals surface area contributed by atoms with Gasteiger partial charge in [0.1, 0.15) is 28.8 Å². The highest BCUT2D eigenvalue weighted by Gasteiger charge is 2.22. The van der Waals surface area contributed by atoms with E-state index in [4.69, 9.17) is 18.9 Å². The largest absolute Gasteiger partial charge is 0.496 e. The number of hydrogen-bond acceptors (Lipinski definition) is 8. The maximum Gasteiger partial charge on any atom is 0.258 e. The number of fused-ring (bicyclic) bond motifs is 1. The summed E-state index contributed by atoms with van der Waals surface area (Å²) in [4.78, 5) is 14.6. The van der Waals surface area contributed by atoms with Gasteiger partial charge in [-0.25, -0.2) is 0 Å². The summed E-state index contributed by atoms with van der Waals surface area (Å²) in [6.07, 6.45) is 0.749. The van der Waals surface area contributed by atoms with Gasteiger partial charge in [-0.3, -0.25) is 9.69 Å². The third-order valence-corrected chi connectivity index (χ3v) is 5.95. The Morgan fingerprint density at radius 2 is 1.69 bits per heavy atom. The molecule has 0 aliphatic carbocycles. The number of carbonyl (C=O) groups is 1. The van der Waals surface area contributed by atoms with Crippen LogP contribution in [0.5, 0.6) is 23.0 Å². The average molecular weight is 482 g/mol. The number of nitrogens with zero attached hydrogens (tertiary/aromatic N) is 4. The number of rotatable bonds is 10. The fourth-order valence-electron chi connectivity index (χ4n) is 4.07. The monoisotopic (exact) mass is 481 g/mol. The number of methoxy groups -OCH3 is 3. The van der Waals surface area contributed by atoms with Crippen molar-refractivity contribution in [3.63, 3.8) is 0 Å². The average Bonchev–Trinajstić information content (AvgIpc) is 3.18. The number of benzene rings is 2. The molecule has 1 aliphatic rings. The molecule has 1 aliphatic heterocycles. The van der Waals surface area contributed by atoms with E-state index >= 15 is 0 Å². The van der Waals surface area contributed by atoms with E-state index in [1.807, 2.05) is 42.5 Å². The summed E-state index contributed by atoms with van der Waals surface area (Å²) in [5.74, 6) is 4.23. The van der Waals surface area contributed by atoms with Crippen LogP contribution in [0.25, 0.3) is 0 Å². The molecule has 1 aromatic heterocycles. The molecule has 1 N–H and O–H groups in total. The Hall–Kier alpha value is -3.79. The van der Waals surface area contributed by atoms with Crippen LogP contribution in [0.15, 0.2) is 42.5 Å². The molecule has 10 nitrogen and oxygen atoms in total. The molecule has 0 bridgehead atoms. The second kappa shape index (κ2) is 11.6. The standard InChI is InChI=1S/C25H31N5O5/c1-32-19-13-21(33-2)20(22(14-19)34-3)16-29-10-9-23-27-28-24(30(23)12-11-29)15-26-25(31)17-35-18-7-5-4-6-8-18/h4-8,13-14H,9-12,15-17H2,1-3H3,(H,26,31). The van der Waals surface area contributed by atoms with Crippen molar-refractivity contribution in [1.29, 1.82) is 0 Å². The van der Waals surface area contributed by atoms with Crippen molar-refractivity contribution in [3.05, 3.63) is 59.7 Å². The third-order valence-electron chi connectivity index (χ3n) is 5.95. The maximum absolute atomic E-state index is 12.2. The van der Waals surface area contributed by atoms with E-state index in [1.165, 1.54) is 0 Å². The lowest BCUT2D eigenvalue weighted by atomic mass is 10.1. The van der Waals surface area contributed by atoms with Crippen LogP contribution in [0.3, 0.4) is 0 Å². The first-order chi connectivity index (χ1) is 17.1. The Labute approximate surface area is 204 Å². The number of para-hydroxylation sites is 1. The van der Waals surface area contributed by atoms with Gasteiger partial charge in [-0.05, 0) is 12.1 Å². The lowest BCUT2D eigenvalue weighted by molar-refractivity contribution is -0.123. The van der Waals surface area contributed by atoms with Crippen LogP contribution in [0.4, 0.5) is 0 Å². The van der Waals surface area contributed by atoms with Gasteiger partial charge in [-0.1, -0.05) is 18.2 Å². The van der Waals surface area contributed by atoms with Gasteiger partial charge in [0.25, 0.3) is 5.91 Å². The van der Waals surface area contributed by atoms with E-state index in [0.717, 1.165) is 54.8 Å². The number of hydrogen-bond donors (Lipinski definition) is 1. The van der Waals surface area contributed by atoms with Crippen LogP contribution in [-0.4, -0.2) is 66.6 Å². The van der Waals surface area contributed by atoms with Crippen LogP contribution in [0, 0.1) is 0 Å². The molecule has 35 heavy (non-hydrogen) atoms. The Balaban J connectivity index is 1.35. The Morgan fingerprint density at radius 3 is 2.37 bits per heavy atom. The van der Waals surface area contributed by atoms with Crippen molar-refractivity contribution in [2.24, 2.45) is 0 Å². The normalized spacial score (nSPS) is 13.5. The summed E-state index contributed by atoms with van der Waals surface area (Å²) in [5.41, 5.74) is 0.972. The van der Waals surface area contributed by atoms with Gasteiger partial charge in [0, 0.05) is 44.7 Å². The summed E-state index contributed by atoms with van der Waals surface area (Å²) in [6.45, 7) is 3.23. The first-order valence-corrected chi connectivity index (χ1v) is 11.5. The van der Waals surface area contributed by atoms with E-state index in [0.29, 0.717) is 24.6 Å². The van der Waals surface area contributed by atoms with E-state index in [-0.39, 0.29) is 12.5 Å². The smallest absolute Gasteiger partial charge is 0.258 e. The summed E-state index contributed by atoms with van der Waals surface area (Å²) >= 11 is 0. The molecule has 0 atom stereocenters.